The summed E-state index contributed by atoms with van der Waals surface area (Å²) < 4.78 is 56.9. The number of carbonyl (C=O) groups is 1. The number of methoxy groups -OCH3 is 1. The van der Waals surface area contributed by atoms with Crippen LogP contribution in [0.4, 0.5) is 0 Å². The Balaban J connectivity index is 1.29. The van der Waals surface area contributed by atoms with Crippen molar-refractivity contribution in [3.05, 3.63) is 131 Å². The molecule has 0 atom stereocenters. The van der Waals surface area contributed by atoms with Crippen LogP contribution >= 0.6 is 0 Å². The van der Waals surface area contributed by atoms with Crippen LogP contribution in [0.1, 0.15) is 27.0 Å². The van der Waals surface area contributed by atoms with E-state index in [1.54, 1.807) is 79.9 Å². The standard InChI is InChI=1S/C35H26O8S/c1-4-24-6-5-23(2)21-33(24)43-31-19-20-32(34(22-31)44(37,38)39)42-30-13-9-26(10-14-30)35(36)25-7-11-28(12-8-25)41-29-17-15-27(40-3)16-18-29/h1,5-22H,2-3H3,(H,37,38,39). The first kappa shape index (κ1) is 29.9. The van der Waals surface area contributed by atoms with Crippen molar-refractivity contribution in [1.82, 2.24) is 0 Å². The predicted molar refractivity (Wildman–Crippen MR) is 165 cm³/mol. The van der Waals surface area contributed by atoms with Crippen LogP contribution in [-0.4, -0.2) is 25.9 Å². The zero-order valence-electron chi connectivity index (χ0n) is 23.7. The summed E-state index contributed by atoms with van der Waals surface area (Å²) in [5.74, 6) is 4.82. The van der Waals surface area contributed by atoms with E-state index in [1.807, 2.05) is 13.0 Å². The Morgan fingerprint density at radius 2 is 1.16 bits per heavy atom. The van der Waals surface area contributed by atoms with Crippen molar-refractivity contribution in [2.75, 3.05) is 7.11 Å². The molecule has 0 aliphatic heterocycles. The Bertz CT molecular complexity index is 1960. The number of terminal acetylenes is 1. The lowest BCUT2D eigenvalue weighted by atomic mass is 10.0. The second kappa shape index (κ2) is 12.8. The summed E-state index contributed by atoms with van der Waals surface area (Å²) in [4.78, 5) is 12.6. The van der Waals surface area contributed by atoms with Gasteiger partial charge in [-0.25, -0.2) is 0 Å². The zero-order chi connectivity index (χ0) is 31.3. The Morgan fingerprint density at radius 3 is 1.70 bits per heavy atom. The molecule has 5 aromatic rings. The second-order valence-corrected chi connectivity index (χ2v) is 11.0. The van der Waals surface area contributed by atoms with Gasteiger partial charge in [0.15, 0.2) is 5.78 Å². The van der Waals surface area contributed by atoms with E-state index in [9.17, 15) is 17.8 Å². The van der Waals surface area contributed by atoms with Crippen molar-refractivity contribution in [1.29, 1.82) is 0 Å². The van der Waals surface area contributed by atoms with E-state index < -0.39 is 15.0 Å². The minimum absolute atomic E-state index is 0.132. The average Bonchev–Trinajstić information content (AvgIpc) is 3.02. The van der Waals surface area contributed by atoms with E-state index in [1.165, 1.54) is 24.3 Å². The van der Waals surface area contributed by atoms with E-state index in [4.69, 9.17) is 25.4 Å². The van der Waals surface area contributed by atoms with Gasteiger partial charge in [0.1, 0.15) is 45.1 Å². The molecular formula is C35H26O8S. The largest absolute Gasteiger partial charge is 0.497 e. The number of ether oxygens (including phenoxy) is 4. The van der Waals surface area contributed by atoms with Gasteiger partial charge >= 0.3 is 0 Å². The van der Waals surface area contributed by atoms with E-state index in [-0.39, 0.29) is 23.0 Å². The fraction of sp³-hybridized carbons (Fsp3) is 0.0571. The highest BCUT2D eigenvalue weighted by Crippen LogP contribution is 2.35. The maximum atomic E-state index is 13.1. The lowest BCUT2D eigenvalue weighted by molar-refractivity contribution is 0.103. The molecule has 0 spiro atoms. The molecular weight excluding hydrogens is 580 g/mol. The Hall–Kier alpha value is -5.56. The molecule has 0 saturated heterocycles. The molecule has 0 saturated carbocycles. The molecule has 8 nitrogen and oxygen atoms in total. The summed E-state index contributed by atoms with van der Waals surface area (Å²) in [6.45, 7) is 1.86. The Labute approximate surface area is 255 Å². The summed E-state index contributed by atoms with van der Waals surface area (Å²) in [6.07, 6.45) is 5.55. The minimum atomic E-state index is -4.69. The maximum Gasteiger partial charge on any atom is 0.298 e. The lowest BCUT2D eigenvalue weighted by Crippen LogP contribution is -2.03. The number of ketones is 1. The quantitative estimate of drug-likeness (QED) is 0.0973. The smallest absolute Gasteiger partial charge is 0.298 e. The molecule has 0 unspecified atom stereocenters. The van der Waals surface area contributed by atoms with Gasteiger partial charge in [0, 0.05) is 17.2 Å². The van der Waals surface area contributed by atoms with Gasteiger partial charge in [-0.05, 0) is 110 Å². The molecule has 220 valence electrons. The third-order valence-corrected chi connectivity index (χ3v) is 7.34. The summed E-state index contributed by atoms with van der Waals surface area (Å²) >= 11 is 0. The first-order valence-corrected chi connectivity index (χ1v) is 14.7. The van der Waals surface area contributed by atoms with E-state index in [2.05, 4.69) is 5.92 Å². The third-order valence-electron chi connectivity index (χ3n) is 6.47. The molecule has 0 aromatic heterocycles. The minimum Gasteiger partial charge on any atom is -0.497 e. The number of carbonyl (C=O) groups excluding carboxylic acids is 1. The first-order chi connectivity index (χ1) is 21.1. The molecule has 1 N–H and O–H groups in total. The molecule has 9 heteroatoms. The molecule has 0 radical (unpaired) electrons. The zero-order valence-corrected chi connectivity index (χ0v) is 24.5. The third kappa shape index (κ3) is 7.07. The van der Waals surface area contributed by atoms with Crippen LogP contribution in [-0.2, 0) is 10.1 Å². The van der Waals surface area contributed by atoms with Gasteiger partial charge in [-0.1, -0.05) is 12.0 Å². The first-order valence-electron chi connectivity index (χ1n) is 13.2. The molecule has 0 heterocycles. The van der Waals surface area contributed by atoms with Gasteiger partial charge in [0.05, 0.1) is 12.7 Å². The highest BCUT2D eigenvalue weighted by Gasteiger charge is 2.20. The van der Waals surface area contributed by atoms with Gasteiger partial charge < -0.3 is 18.9 Å². The van der Waals surface area contributed by atoms with Crippen LogP contribution in [0.15, 0.2) is 114 Å². The van der Waals surface area contributed by atoms with E-state index >= 15 is 0 Å². The topological polar surface area (TPSA) is 108 Å². The summed E-state index contributed by atoms with van der Waals surface area (Å²) in [6, 6.07) is 29.3. The second-order valence-electron chi connectivity index (χ2n) is 9.59. The molecule has 0 aliphatic carbocycles. The van der Waals surface area contributed by atoms with Gasteiger partial charge in [-0.15, -0.1) is 6.42 Å². The Kier molecular flexibility index (Phi) is 8.67. The monoisotopic (exact) mass is 606 g/mol. The Morgan fingerprint density at radius 1 is 0.659 bits per heavy atom. The summed E-state index contributed by atoms with van der Waals surface area (Å²) in [5, 5.41) is 0. The van der Waals surface area contributed by atoms with Crippen LogP contribution in [0.25, 0.3) is 0 Å². The van der Waals surface area contributed by atoms with Crippen molar-refractivity contribution < 1.29 is 36.7 Å². The number of hydrogen-bond donors (Lipinski definition) is 1. The lowest BCUT2D eigenvalue weighted by Gasteiger charge is -2.13. The van der Waals surface area contributed by atoms with Crippen LogP contribution in [0.3, 0.4) is 0 Å². The van der Waals surface area contributed by atoms with E-state index in [0.29, 0.717) is 33.9 Å². The highest BCUT2D eigenvalue weighted by molar-refractivity contribution is 7.86. The maximum absolute atomic E-state index is 13.1. The summed E-state index contributed by atoms with van der Waals surface area (Å²) in [5.41, 5.74) is 2.22. The SMILES string of the molecule is C#Cc1ccc(C)cc1Oc1ccc(Oc2ccc(C(=O)c3ccc(Oc4ccc(OC)cc4)cc3)cc2)c(S(=O)(=O)O)c1. The molecule has 44 heavy (non-hydrogen) atoms. The fourth-order valence-corrected chi connectivity index (χ4v) is 4.85. The van der Waals surface area contributed by atoms with Crippen molar-refractivity contribution in [3.63, 3.8) is 0 Å². The van der Waals surface area contributed by atoms with E-state index in [0.717, 1.165) is 17.4 Å². The predicted octanol–water partition coefficient (Wildman–Crippen LogP) is 7.84. The van der Waals surface area contributed by atoms with Crippen LogP contribution in [0, 0.1) is 19.3 Å². The van der Waals surface area contributed by atoms with Crippen LogP contribution in [0.2, 0.25) is 0 Å². The van der Waals surface area contributed by atoms with Gasteiger partial charge in [0.25, 0.3) is 10.1 Å². The van der Waals surface area contributed by atoms with Crippen molar-refractivity contribution in [3.8, 4) is 52.6 Å². The molecule has 0 amide bonds. The normalized spacial score (nSPS) is 10.9. The van der Waals surface area contributed by atoms with Crippen molar-refractivity contribution >= 4 is 15.9 Å². The number of hydrogen-bond acceptors (Lipinski definition) is 7. The van der Waals surface area contributed by atoms with Gasteiger partial charge in [0.2, 0.25) is 0 Å². The van der Waals surface area contributed by atoms with Crippen molar-refractivity contribution in [2.24, 2.45) is 0 Å². The molecule has 0 bridgehead atoms. The number of benzene rings is 5. The molecule has 0 fully saturated rings. The molecule has 5 rings (SSSR count). The van der Waals surface area contributed by atoms with Crippen molar-refractivity contribution in [2.45, 2.75) is 11.8 Å². The highest BCUT2D eigenvalue weighted by atomic mass is 32.2. The summed E-state index contributed by atoms with van der Waals surface area (Å²) in [7, 11) is -3.10. The van der Waals surface area contributed by atoms with Gasteiger partial charge in [-0.3, -0.25) is 9.35 Å². The molecule has 5 aromatic carbocycles. The van der Waals surface area contributed by atoms with Crippen LogP contribution in [0.5, 0.6) is 40.2 Å². The number of rotatable bonds is 10. The van der Waals surface area contributed by atoms with Gasteiger partial charge in [-0.2, -0.15) is 8.42 Å². The average molecular weight is 607 g/mol. The number of aryl methyl sites for hydroxylation is 1. The molecule has 0 aliphatic rings. The fourth-order valence-electron chi connectivity index (χ4n) is 4.22. The van der Waals surface area contributed by atoms with Crippen LogP contribution < -0.4 is 18.9 Å².